The van der Waals surface area contributed by atoms with E-state index >= 15 is 0 Å². The first kappa shape index (κ1) is 10.7. The predicted molar refractivity (Wildman–Crippen MR) is 63.3 cm³/mol. The van der Waals surface area contributed by atoms with Crippen LogP contribution in [0.2, 0.25) is 0 Å². The Labute approximate surface area is 95.5 Å². The van der Waals surface area contributed by atoms with Crippen molar-refractivity contribution < 1.29 is 4.74 Å². The van der Waals surface area contributed by atoms with Gasteiger partial charge in [-0.1, -0.05) is 43.7 Å². The molecule has 0 aliphatic heterocycles. The largest absolute Gasteiger partial charge is 0.477 e. The van der Waals surface area contributed by atoms with Crippen molar-refractivity contribution in [2.75, 3.05) is 6.61 Å². The summed E-state index contributed by atoms with van der Waals surface area (Å²) < 4.78 is 5.62. The molecule has 83 valence electrons. The van der Waals surface area contributed by atoms with Crippen LogP contribution in [-0.2, 0) is 0 Å². The number of H-pyrrole nitrogens is 1. The average Bonchev–Trinajstić information content (AvgIpc) is 2.79. The number of nitrogens with zero attached hydrogens (tertiary/aromatic N) is 1. The number of aromatic amines is 1. The molecule has 0 fully saturated rings. The van der Waals surface area contributed by atoms with Gasteiger partial charge in [-0.25, -0.2) is 4.98 Å². The van der Waals surface area contributed by atoms with Crippen molar-refractivity contribution in [3.05, 3.63) is 36.7 Å². The molecule has 0 saturated heterocycles. The third-order valence-corrected chi connectivity index (χ3v) is 2.34. The summed E-state index contributed by atoms with van der Waals surface area (Å²) in [6.45, 7) is 2.85. The minimum Gasteiger partial charge on any atom is -0.477 e. The van der Waals surface area contributed by atoms with Crippen molar-refractivity contribution in [2.24, 2.45) is 0 Å². The monoisotopic (exact) mass is 215 g/mol. The van der Waals surface area contributed by atoms with E-state index in [4.69, 9.17) is 4.74 Å². The first-order valence-corrected chi connectivity index (χ1v) is 5.56. The van der Waals surface area contributed by atoms with Gasteiger partial charge in [-0.3, -0.25) is 0 Å². The highest BCUT2D eigenvalue weighted by Crippen LogP contribution is 2.25. The molecule has 0 bridgehead atoms. The Hall–Kier alpha value is -1.77. The zero-order valence-corrected chi connectivity index (χ0v) is 9.36. The summed E-state index contributed by atoms with van der Waals surface area (Å²) in [5.74, 6) is 0.708. The molecule has 0 atom stereocenters. The molecule has 0 unspecified atom stereocenters. The lowest BCUT2D eigenvalue weighted by Gasteiger charge is -2.04. The summed E-state index contributed by atoms with van der Waals surface area (Å²) in [7, 11) is 0. The van der Waals surface area contributed by atoms with Gasteiger partial charge in [0.25, 0.3) is 0 Å². The van der Waals surface area contributed by atoms with Crippen LogP contribution in [0.1, 0.15) is 19.8 Å². The van der Waals surface area contributed by atoms with E-state index in [2.05, 4.69) is 23.2 Å². The van der Waals surface area contributed by atoms with Gasteiger partial charge in [0.1, 0.15) is 5.69 Å². The molecule has 0 saturated carbocycles. The Morgan fingerprint density at radius 2 is 2.12 bits per heavy atom. The first-order valence-electron chi connectivity index (χ1n) is 5.56. The van der Waals surface area contributed by atoms with Gasteiger partial charge in [0, 0.05) is 5.56 Å². The predicted octanol–water partition coefficient (Wildman–Crippen LogP) is 3.06. The van der Waals surface area contributed by atoms with Gasteiger partial charge < -0.3 is 9.72 Å². The smallest absolute Gasteiger partial charge is 0.219 e. The van der Waals surface area contributed by atoms with Crippen LogP contribution in [0.3, 0.4) is 0 Å². The average molecular weight is 215 g/mol. The number of nitrogens with one attached hydrogen (secondary N) is 1. The standard InChI is InChI=1S/C13H15N2O/c1-2-3-9-16-13-12(14-10-15-13)11-7-5-4-6-8-11/h4-8H,2-3,9H2,1H3,(H,14,15). The lowest BCUT2D eigenvalue weighted by atomic mass is 10.2. The highest BCUT2D eigenvalue weighted by molar-refractivity contribution is 5.63. The maximum absolute atomic E-state index is 5.62. The zero-order valence-electron chi connectivity index (χ0n) is 9.36. The van der Waals surface area contributed by atoms with Gasteiger partial charge in [0.2, 0.25) is 5.88 Å². The number of hydrogen-bond acceptors (Lipinski definition) is 2. The van der Waals surface area contributed by atoms with Crippen LogP contribution in [0.5, 0.6) is 5.88 Å². The van der Waals surface area contributed by atoms with Gasteiger partial charge >= 0.3 is 0 Å². The number of ether oxygens (including phenoxy) is 1. The second kappa shape index (κ2) is 5.35. The summed E-state index contributed by atoms with van der Waals surface area (Å²) in [5.41, 5.74) is 1.88. The Morgan fingerprint density at radius 3 is 2.88 bits per heavy atom. The van der Waals surface area contributed by atoms with Crippen LogP contribution in [0.4, 0.5) is 0 Å². The van der Waals surface area contributed by atoms with Crippen molar-refractivity contribution >= 4 is 0 Å². The topological polar surface area (TPSA) is 37.9 Å². The second-order valence-electron chi connectivity index (χ2n) is 3.59. The van der Waals surface area contributed by atoms with E-state index in [0.717, 1.165) is 24.1 Å². The number of rotatable bonds is 5. The van der Waals surface area contributed by atoms with E-state index < -0.39 is 0 Å². The van der Waals surface area contributed by atoms with E-state index in [-0.39, 0.29) is 0 Å². The number of unbranched alkanes of at least 4 members (excludes halogenated alkanes) is 1. The fourth-order valence-corrected chi connectivity index (χ4v) is 1.46. The SMILES string of the molecule is CCCCOc1[nH][c]nc1-c1ccccc1. The van der Waals surface area contributed by atoms with Crippen LogP contribution in [0, 0.1) is 6.33 Å². The summed E-state index contributed by atoms with van der Waals surface area (Å²) in [6, 6.07) is 9.98. The number of imidazole rings is 1. The van der Waals surface area contributed by atoms with Crippen molar-refractivity contribution in [2.45, 2.75) is 19.8 Å². The second-order valence-corrected chi connectivity index (χ2v) is 3.59. The van der Waals surface area contributed by atoms with E-state index in [1.54, 1.807) is 0 Å². The lowest BCUT2D eigenvalue weighted by Crippen LogP contribution is -1.97. The Kier molecular flexibility index (Phi) is 3.59. The van der Waals surface area contributed by atoms with Crippen LogP contribution >= 0.6 is 0 Å². The quantitative estimate of drug-likeness (QED) is 0.778. The minimum atomic E-state index is 0.708. The van der Waals surface area contributed by atoms with Crippen LogP contribution in [0.15, 0.2) is 30.3 Å². The van der Waals surface area contributed by atoms with Crippen LogP contribution < -0.4 is 4.74 Å². The number of hydrogen-bond donors (Lipinski definition) is 1. The summed E-state index contributed by atoms with van der Waals surface area (Å²) in [6.07, 6.45) is 4.90. The molecule has 1 radical (unpaired) electrons. The number of benzene rings is 1. The molecule has 0 aliphatic carbocycles. The lowest BCUT2D eigenvalue weighted by molar-refractivity contribution is 0.300. The third-order valence-electron chi connectivity index (χ3n) is 2.34. The number of aromatic nitrogens is 2. The van der Waals surface area contributed by atoms with E-state index in [1.807, 2.05) is 30.3 Å². The molecule has 3 heteroatoms. The molecule has 16 heavy (non-hydrogen) atoms. The highest BCUT2D eigenvalue weighted by atomic mass is 16.5. The van der Waals surface area contributed by atoms with Gasteiger partial charge in [-0.05, 0) is 6.42 Å². The molecular formula is C13H15N2O. The molecule has 3 nitrogen and oxygen atoms in total. The zero-order chi connectivity index (χ0) is 11.2. The molecule has 1 heterocycles. The van der Waals surface area contributed by atoms with Crippen molar-refractivity contribution in [1.29, 1.82) is 0 Å². The van der Waals surface area contributed by atoms with Crippen LogP contribution in [0.25, 0.3) is 11.3 Å². The fraction of sp³-hybridized carbons (Fsp3) is 0.308. The molecule has 0 aliphatic rings. The molecule has 1 N–H and O–H groups in total. The maximum atomic E-state index is 5.62. The maximum Gasteiger partial charge on any atom is 0.219 e. The third kappa shape index (κ3) is 2.42. The summed E-state index contributed by atoms with van der Waals surface area (Å²) in [5, 5.41) is 0. The van der Waals surface area contributed by atoms with Gasteiger partial charge in [0.05, 0.1) is 6.61 Å². The molecule has 1 aromatic heterocycles. The van der Waals surface area contributed by atoms with Gasteiger partial charge in [-0.15, -0.1) is 0 Å². The Morgan fingerprint density at radius 1 is 1.31 bits per heavy atom. The van der Waals surface area contributed by atoms with Gasteiger partial charge in [-0.2, -0.15) is 0 Å². The molecule has 0 amide bonds. The minimum absolute atomic E-state index is 0.708. The van der Waals surface area contributed by atoms with Crippen molar-refractivity contribution in [3.8, 4) is 17.1 Å². The molecule has 1 aromatic carbocycles. The normalized spacial score (nSPS) is 10.3. The molecule has 2 aromatic rings. The molecule has 0 spiro atoms. The van der Waals surface area contributed by atoms with Crippen LogP contribution in [-0.4, -0.2) is 16.6 Å². The van der Waals surface area contributed by atoms with E-state index in [1.165, 1.54) is 0 Å². The summed E-state index contributed by atoms with van der Waals surface area (Å²) in [4.78, 5) is 7.06. The van der Waals surface area contributed by atoms with Crippen molar-refractivity contribution in [1.82, 2.24) is 9.97 Å². The fourth-order valence-electron chi connectivity index (χ4n) is 1.46. The van der Waals surface area contributed by atoms with E-state index in [0.29, 0.717) is 12.5 Å². The summed E-state index contributed by atoms with van der Waals surface area (Å²) >= 11 is 0. The van der Waals surface area contributed by atoms with Crippen molar-refractivity contribution in [3.63, 3.8) is 0 Å². The first-order chi connectivity index (χ1) is 7.92. The molecule has 2 rings (SSSR count). The van der Waals surface area contributed by atoms with Gasteiger partial charge in [0.15, 0.2) is 6.33 Å². The highest BCUT2D eigenvalue weighted by Gasteiger charge is 2.08. The van der Waals surface area contributed by atoms with E-state index in [9.17, 15) is 0 Å². The molecular weight excluding hydrogens is 200 g/mol. The Bertz CT molecular complexity index is 423. The Balaban J connectivity index is 2.13.